The summed E-state index contributed by atoms with van der Waals surface area (Å²) in [5.74, 6) is -0.976. The number of carbonyl (C=O) groups is 1. The Balaban J connectivity index is 1.79. The lowest BCUT2D eigenvalue weighted by Gasteiger charge is -2.15. The van der Waals surface area contributed by atoms with Crippen molar-refractivity contribution in [3.63, 3.8) is 0 Å². The summed E-state index contributed by atoms with van der Waals surface area (Å²) >= 11 is 0.574. The number of aromatic nitrogens is 1. The zero-order valence-electron chi connectivity index (χ0n) is 13.7. The first-order chi connectivity index (χ1) is 13.0. The molecule has 0 saturated heterocycles. The van der Waals surface area contributed by atoms with Gasteiger partial charge in [-0.2, -0.15) is 4.98 Å². The maximum Gasteiger partial charge on any atom is 0.296 e. The number of hydrogen-bond acceptors (Lipinski definition) is 9. The molecule has 0 spiro atoms. The fourth-order valence-corrected chi connectivity index (χ4v) is 3.72. The highest BCUT2D eigenvalue weighted by atomic mass is 32.2. The molecule has 140 valence electrons. The smallest absolute Gasteiger partial charge is 0.296 e. The molecule has 0 radical (unpaired) electrons. The summed E-state index contributed by atoms with van der Waals surface area (Å²) in [5.41, 5.74) is 1.06. The van der Waals surface area contributed by atoms with Gasteiger partial charge in [-0.1, -0.05) is 30.3 Å². The number of nitrogens with one attached hydrogen (secondary N) is 2. The highest BCUT2D eigenvalue weighted by Gasteiger charge is 2.26. The second-order valence-electron chi connectivity index (χ2n) is 5.34. The summed E-state index contributed by atoms with van der Waals surface area (Å²) < 4.78 is 34.7. The molecule has 0 aliphatic heterocycles. The number of oxazole rings is 1. The first-order valence-electron chi connectivity index (χ1n) is 7.68. The third kappa shape index (κ3) is 4.63. The first kappa shape index (κ1) is 18.9. The number of rotatable bonds is 8. The molecular formula is C16H14N4O5S2. The number of carbonyl (C=O) groups excluding carboxylic acids is 1. The van der Waals surface area contributed by atoms with Crippen LogP contribution in [-0.2, 0) is 14.8 Å². The highest BCUT2D eigenvalue weighted by molar-refractivity contribution is 7.98. The van der Waals surface area contributed by atoms with Crippen LogP contribution in [0.5, 0.6) is 0 Å². The van der Waals surface area contributed by atoms with Gasteiger partial charge >= 0.3 is 0 Å². The van der Waals surface area contributed by atoms with E-state index in [1.807, 2.05) is 4.72 Å². The number of fused-ring (bicyclic) bond motifs is 1. The molecule has 0 aliphatic carbocycles. The minimum Gasteiger partial charge on any atom is -0.424 e. The number of sulfonamides is 1. The molecule has 9 nitrogen and oxygen atoms in total. The van der Waals surface area contributed by atoms with E-state index in [4.69, 9.17) is 4.42 Å². The largest absolute Gasteiger partial charge is 0.424 e. The van der Waals surface area contributed by atoms with Crippen molar-refractivity contribution in [2.45, 2.75) is 10.9 Å². The second-order valence-corrected chi connectivity index (χ2v) is 7.76. The van der Waals surface area contributed by atoms with Crippen molar-refractivity contribution in [1.82, 2.24) is 9.71 Å². The Labute approximate surface area is 158 Å². The zero-order chi connectivity index (χ0) is 19.3. The molecular weight excluding hydrogens is 392 g/mol. The van der Waals surface area contributed by atoms with Gasteiger partial charge in [0, 0.05) is 22.3 Å². The molecule has 27 heavy (non-hydrogen) atoms. The fourth-order valence-electron chi connectivity index (χ4n) is 2.23. The molecule has 11 heteroatoms. The Kier molecular flexibility index (Phi) is 5.72. The van der Waals surface area contributed by atoms with Crippen LogP contribution in [0.4, 0.5) is 6.01 Å². The maximum atomic E-state index is 12.5. The molecule has 1 unspecified atom stereocenters. The van der Waals surface area contributed by atoms with Crippen molar-refractivity contribution in [1.29, 1.82) is 0 Å². The quantitative estimate of drug-likeness (QED) is 0.431. The average molecular weight is 406 g/mol. The Morgan fingerprint density at radius 3 is 2.56 bits per heavy atom. The number of amides is 1. The van der Waals surface area contributed by atoms with Crippen LogP contribution in [0.1, 0.15) is 0 Å². The predicted octanol–water partition coefficient (Wildman–Crippen LogP) is 2.53. The minimum absolute atomic E-state index is 0.0277. The molecule has 1 atom stereocenters. The highest BCUT2D eigenvalue weighted by Crippen LogP contribution is 2.20. The van der Waals surface area contributed by atoms with Crippen LogP contribution < -0.4 is 10.0 Å². The summed E-state index contributed by atoms with van der Waals surface area (Å²) in [7, 11) is -4.06. The van der Waals surface area contributed by atoms with Gasteiger partial charge in [0.2, 0.25) is 0 Å². The first-order valence-corrected chi connectivity index (χ1v) is 10.1. The molecule has 1 heterocycles. The van der Waals surface area contributed by atoms with Crippen molar-refractivity contribution in [3.8, 4) is 0 Å². The van der Waals surface area contributed by atoms with Gasteiger partial charge in [0.1, 0.15) is 11.6 Å². The molecule has 1 aromatic heterocycles. The fraction of sp³-hybridized carbons (Fsp3) is 0.125. The third-order valence-corrected chi connectivity index (χ3v) is 5.44. The van der Waals surface area contributed by atoms with Crippen molar-refractivity contribution in [2.75, 3.05) is 11.1 Å². The monoisotopic (exact) mass is 406 g/mol. The van der Waals surface area contributed by atoms with E-state index in [1.165, 1.54) is 12.1 Å². The van der Waals surface area contributed by atoms with Crippen LogP contribution in [0.15, 0.2) is 68.5 Å². The maximum absolute atomic E-state index is 12.5. The lowest BCUT2D eigenvalue weighted by molar-refractivity contribution is -0.119. The molecule has 0 saturated carbocycles. The van der Waals surface area contributed by atoms with Gasteiger partial charge in [0.25, 0.3) is 21.9 Å². The van der Waals surface area contributed by atoms with E-state index in [2.05, 4.69) is 14.9 Å². The summed E-state index contributed by atoms with van der Waals surface area (Å²) in [6, 6.07) is 13.3. The lowest BCUT2D eigenvalue weighted by Crippen LogP contribution is -2.44. The molecule has 0 aliphatic rings. The molecule has 3 rings (SSSR count). The molecule has 2 N–H and O–H groups in total. The standard InChI is InChI=1S/C16H14N4O5S2/c21-15(19-27(23,24)11-6-2-1-3-7-11)13(10-26-20-22)18-16-17-12-8-4-5-9-14(12)25-16/h1-9,13H,10H2,(H,17,18)(H,19,21). The SMILES string of the molecule is O=NSCC(Nc1nc2ccccc2o1)C(=O)NS(=O)(=O)c1ccccc1. The number of nitroso groups, excluding NO2 is 1. The lowest BCUT2D eigenvalue weighted by atomic mass is 10.3. The zero-order valence-corrected chi connectivity index (χ0v) is 15.4. The summed E-state index contributed by atoms with van der Waals surface area (Å²) in [6.45, 7) is 0. The van der Waals surface area contributed by atoms with Crippen LogP contribution in [0, 0.1) is 4.91 Å². The minimum atomic E-state index is -4.06. The van der Waals surface area contributed by atoms with E-state index in [0.717, 1.165) is 0 Å². The van der Waals surface area contributed by atoms with Gasteiger partial charge in [-0.15, -0.1) is 4.91 Å². The van der Waals surface area contributed by atoms with Crippen molar-refractivity contribution in [2.24, 2.45) is 4.58 Å². The van der Waals surface area contributed by atoms with E-state index in [-0.39, 0.29) is 16.7 Å². The van der Waals surface area contributed by atoms with Gasteiger partial charge in [-0.3, -0.25) is 4.79 Å². The van der Waals surface area contributed by atoms with Gasteiger partial charge < -0.3 is 9.73 Å². The van der Waals surface area contributed by atoms with Crippen molar-refractivity contribution >= 4 is 45.0 Å². The Morgan fingerprint density at radius 1 is 1.15 bits per heavy atom. The van der Waals surface area contributed by atoms with Crippen molar-refractivity contribution < 1.29 is 17.6 Å². The van der Waals surface area contributed by atoms with Gasteiger partial charge in [-0.05, 0) is 24.3 Å². The van der Waals surface area contributed by atoms with E-state index in [0.29, 0.717) is 23.0 Å². The molecule has 0 bridgehead atoms. The number of hydrogen-bond donors (Lipinski definition) is 2. The van der Waals surface area contributed by atoms with Crippen molar-refractivity contribution in [3.05, 3.63) is 59.5 Å². The van der Waals surface area contributed by atoms with Gasteiger partial charge in [-0.25, -0.2) is 13.1 Å². The van der Waals surface area contributed by atoms with E-state index >= 15 is 0 Å². The molecule has 0 fully saturated rings. The van der Waals surface area contributed by atoms with Crippen LogP contribution in [0.25, 0.3) is 11.1 Å². The number of para-hydroxylation sites is 2. The molecule has 1 amide bonds. The van der Waals surface area contributed by atoms with Crippen LogP contribution in [-0.4, -0.2) is 31.1 Å². The number of anilines is 1. The predicted molar refractivity (Wildman–Crippen MR) is 101 cm³/mol. The van der Waals surface area contributed by atoms with Crippen LogP contribution in [0.2, 0.25) is 0 Å². The Bertz CT molecular complexity index is 1020. The van der Waals surface area contributed by atoms with E-state index in [9.17, 15) is 18.1 Å². The topological polar surface area (TPSA) is 131 Å². The average Bonchev–Trinajstić information content (AvgIpc) is 3.08. The second kappa shape index (κ2) is 8.18. The normalized spacial score (nSPS) is 12.4. The van der Waals surface area contributed by atoms with Gasteiger partial charge in [0.15, 0.2) is 5.58 Å². The molecule has 2 aromatic carbocycles. The van der Waals surface area contributed by atoms with Gasteiger partial charge in [0.05, 0.1) is 4.90 Å². The van der Waals surface area contributed by atoms with Crippen LogP contribution >= 0.6 is 11.9 Å². The third-order valence-electron chi connectivity index (χ3n) is 3.49. The Morgan fingerprint density at radius 2 is 1.85 bits per heavy atom. The van der Waals surface area contributed by atoms with E-state index < -0.39 is 22.0 Å². The Hall–Kier alpha value is -2.92. The summed E-state index contributed by atoms with van der Waals surface area (Å²) in [5, 5.41) is 2.70. The molecule has 3 aromatic rings. The van der Waals surface area contributed by atoms with Crippen LogP contribution in [0.3, 0.4) is 0 Å². The number of nitrogens with zero attached hydrogens (tertiary/aromatic N) is 2. The summed E-state index contributed by atoms with van der Waals surface area (Å²) in [4.78, 5) is 27.0. The number of benzene rings is 2. The summed E-state index contributed by atoms with van der Waals surface area (Å²) in [6.07, 6.45) is 0. The van der Waals surface area contributed by atoms with E-state index in [1.54, 1.807) is 42.5 Å².